The van der Waals surface area contributed by atoms with Crippen molar-refractivity contribution in [2.24, 2.45) is 5.92 Å². The Morgan fingerprint density at radius 2 is 1.62 bits per heavy atom. The summed E-state index contributed by atoms with van der Waals surface area (Å²) in [7, 11) is 3.57. The fraction of sp³-hybridized carbons (Fsp3) is 0.500. The smallest absolute Gasteiger partial charge is 0.226 e. The van der Waals surface area contributed by atoms with Gasteiger partial charge in [-0.2, -0.15) is 0 Å². The summed E-state index contributed by atoms with van der Waals surface area (Å²) >= 11 is 0. The predicted octanol–water partition coefficient (Wildman–Crippen LogP) is 2.52. The van der Waals surface area contributed by atoms with Crippen molar-refractivity contribution in [1.29, 1.82) is 0 Å². The molecule has 1 aromatic rings. The largest absolute Gasteiger partial charge is 0.349 e. The Labute approximate surface area is 98.3 Å². The van der Waals surface area contributed by atoms with E-state index in [9.17, 15) is 4.79 Å². The van der Waals surface area contributed by atoms with Gasteiger partial charge in [0.25, 0.3) is 0 Å². The molecule has 2 nitrogen and oxygen atoms in total. The minimum Gasteiger partial charge on any atom is -0.349 e. The lowest BCUT2D eigenvalue weighted by atomic mass is 10.0. The second-order valence-corrected chi connectivity index (χ2v) is 4.88. The van der Waals surface area contributed by atoms with Gasteiger partial charge in [0, 0.05) is 14.1 Å². The number of rotatable bonds is 4. The first-order chi connectivity index (χ1) is 7.49. The van der Waals surface area contributed by atoms with Gasteiger partial charge in [-0.25, -0.2) is 0 Å². The molecule has 1 aromatic carbocycles. The van der Waals surface area contributed by atoms with E-state index in [0.29, 0.717) is 12.3 Å². The average Bonchev–Trinajstić information content (AvgIpc) is 2.20. The van der Waals surface area contributed by atoms with Crippen LogP contribution in [0.5, 0.6) is 0 Å². The minimum atomic E-state index is 0.150. The van der Waals surface area contributed by atoms with Crippen LogP contribution in [-0.2, 0) is 17.6 Å². The highest BCUT2D eigenvalue weighted by Crippen LogP contribution is 2.10. The molecule has 0 saturated heterocycles. The number of hydrogen-bond acceptors (Lipinski definition) is 1. The molecule has 0 aliphatic carbocycles. The van der Waals surface area contributed by atoms with Gasteiger partial charge in [0.2, 0.25) is 5.91 Å². The summed E-state index contributed by atoms with van der Waals surface area (Å²) in [6.07, 6.45) is 1.59. The van der Waals surface area contributed by atoms with Gasteiger partial charge in [-0.1, -0.05) is 38.1 Å². The average molecular weight is 219 g/mol. The maximum atomic E-state index is 11.5. The van der Waals surface area contributed by atoms with Crippen molar-refractivity contribution in [2.75, 3.05) is 14.1 Å². The molecule has 2 heteroatoms. The monoisotopic (exact) mass is 219 g/mol. The molecule has 1 amide bonds. The molecule has 0 aliphatic rings. The molecule has 88 valence electrons. The van der Waals surface area contributed by atoms with E-state index in [-0.39, 0.29) is 5.91 Å². The first-order valence-electron chi connectivity index (χ1n) is 5.77. The first-order valence-corrected chi connectivity index (χ1v) is 5.77. The van der Waals surface area contributed by atoms with Crippen molar-refractivity contribution in [3.05, 3.63) is 35.4 Å². The lowest BCUT2D eigenvalue weighted by Gasteiger charge is -2.10. The molecule has 0 spiro atoms. The van der Waals surface area contributed by atoms with E-state index >= 15 is 0 Å². The zero-order chi connectivity index (χ0) is 12.1. The highest BCUT2D eigenvalue weighted by Gasteiger charge is 2.05. The van der Waals surface area contributed by atoms with Gasteiger partial charge in [0.05, 0.1) is 6.42 Å². The van der Waals surface area contributed by atoms with E-state index in [1.54, 1.807) is 19.0 Å². The standard InChI is InChI=1S/C14H21NO/c1-11(2)9-12-5-7-13(8-6-12)10-14(16)15(3)4/h5-8,11H,9-10H2,1-4H3. The molecule has 0 heterocycles. The lowest BCUT2D eigenvalue weighted by Crippen LogP contribution is -2.23. The van der Waals surface area contributed by atoms with Gasteiger partial charge in [0.15, 0.2) is 0 Å². The van der Waals surface area contributed by atoms with Gasteiger partial charge in [-0.3, -0.25) is 4.79 Å². The summed E-state index contributed by atoms with van der Waals surface area (Å²) in [4.78, 5) is 13.1. The van der Waals surface area contributed by atoms with E-state index < -0.39 is 0 Å². The Bertz CT molecular complexity index is 338. The number of carbonyl (C=O) groups excluding carboxylic acids is 1. The highest BCUT2D eigenvalue weighted by molar-refractivity contribution is 5.78. The van der Waals surface area contributed by atoms with Crippen LogP contribution in [0.2, 0.25) is 0 Å². The SMILES string of the molecule is CC(C)Cc1ccc(CC(=O)N(C)C)cc1. The molecule has 0 atom stereocenters. The van der Waals surface area contributed by atoms with Crippen molar-refractivity contribution in [1.82, 2.24) is 4.90 Å². The fourth-order valence-electron chi connectivity index (χ4n) is 1.60. The summed E-state index contributed by atoms with van der Waals surface area (Å²) in [5.41, 5.74) is 2.43. The van der Waals surface area contributed by atoms with Gasteiger partial charge in [0.1, 0.15) is 0 Å². The summed E-state index contributed by atoms with van der Waals surface area (Å²) in [5.74, 6) is 0.825. The third-order valence-electron chi connectivity index (χ3n) is 2.52. The van der Waals surface area contributed by atoms with Crippen molar-refractivity contribution < 1.29 is 4.79 Å². The summed E-state index contributed by atoms with van der Waals surface area (Å²) < 4.78 is 0. The van der Waals surface area contributed by atoms with Crippen molar-refractivity contribution in [2.45, 2.75) is 26.7 Å². The molecule has 0 fully saturated rings. The number of carbonyl (C=O) groups is 1. The van der Waals surface area contributed by atoms with Crippen LogP contribution in [0.4, 0.5) is 0 Å². The molecule has 0 aliphatic heterocycles. The van der Waals surface area contributed by atoms with Crippen LogP contribution in [0.25, 0.3) is 0 Å². The van der Waals surface area contributed by atoms with E-state index in [1.807, 2.05) is 0 Å². The zero-order valence-electron chi connectivity index (χ0n) is 10.7. The topological polar surface area (TPSA) is 20.3 Å². The van der Waals surface area contributed by atoms with Gasteiger partial charge in [-0.05, 0) is 23.5 Å². The molecule has 0 bridgehead atoms. The van der Waals surface area contributed by atoms with Crippen LogP contribution in [0.3, 0.4) is 0 Å². The van der Waals surface area contributed by atoms with Crippen LogP contribution >= 0.6 is 0 Å². The van der Waals surface area contributed by atoms with Crippen molar-refractivity contribution >= 4 is 5.91 Å². The molecule has 0 unspecified atom stereocenters. The number of likely N-dealkylation sites (N-methyl/N-ethyl adjacent to an activating group) is 1. The van der Waals surface area contributed by atoms with Crippen molar-refractivity contribution in [3.63, 3.8) is 0 Å². The van der Waals surface area contributed by atoms with Gasteiger partial charge < -0.3 is 4.90 Å². The number of benzene rings is 1. The van der Waals surface area contributed by atoms with Crippen LogP contribution in [0.1, 0.15) is 25.0 Å². The van der Waals surface area contributed by atoms with E-state index in [0.717, 1.165) is 12.0 Å². The third kappa shape index (κ3) is 4.05. The summed E-state index contributed by atoms with van der Waals surface area (Å²) in [6.45, 7) is 4.42. The molecule has 1 rings (SSSR count). The van der Waals surface area contributed by atoms with Crippen LogP contribution in [0, 0.1) is 5.92 Å². The van der Waals surface area contributed by atoms with Gasteiger partial charge in [-0.15, -0.1) is 0 Å². The summed E-state index contributed by atoms with van der Waals surface area (Å²) in [6, 6.07) is 8.36. The molecular weight excluding hydrogens is 198 g/mol. The van der Waals surface area contributed by atoms with Crippen LogP contribution in [0.15, 0.2) is 24.3 Å². The van der Waals surface area contributed by atoms with Crippen molar-refractivity contribution in [3.8, 4) is 0 Å². The number of hydrogen-bond donors (Lipinski definition) is 0. The fourth-order valence-corrected chi connectivity index (χ4v) is 1.60. The molecule has 0 radical (unpaired) electrons. The second-order valence-electron chi connectivity index (χ2n) is 4.88. The Balaban J connectivity index is 2.61. The molecule has 16 heavy (non-hydrogen) atoms. The van der Waals surface area contributed by atoms with E-state index in [1.165, 1.54) is 5.56 Å². The van der Waals surface area contributed by atoms with Gasteiger partial charge >= 0.3 is 0 Å². The second kappa shape index (κ2) is 5.69. The molecule has 0 aromatic heterocycles. The Morgan fingerprint density at radius 3 is 2.06 bits per heavy atom. The normalized spacial score (nSPS) is 10.6. The maximum absolute atomic E-state index is 11.5. The first kappa shape index (κ1) is 12.8. The number of amides is 1. The van der Waals surface area contributed by atoms with E-state index in [4.69, 9.17) is 0 Å². The lowest BCUT2D eigenvalue weighted by molar-refractivity contribution is -0.127. The predicted molar refractivity (Wildman–Crippen MR) is 67.4 cm³/mol. The van der Waals surface area contributed by atoms with Crippen LogP contribution < -0.4 is 0 Å². The Kier molecular flexibility index (Phi) is 4.53. The van der Waals surface area contributed by atoms with E-state index in [2.05, 4.69) is 38.1 Å². The zero-order valence-corrected chi connectivity index (χ0v) is 10.7. The molecular formula is C14H21NO. The third-order valence-corrected chi connectivity index (χ3v) is 2.52. The summed E-state index contributed by atoms with van der Waals surface area (Å²) in [5, 5.41) is 0. The minimum absolute atomic E-state index is 0.150. The molecule has 0 saturated carbocycles. The Morgan fingerprint density at radius 1 is 1.12 bits per heavy atom. The Hall–Kier alpha value is -1.31. The highest BCUT2D eigenvalue weighted by atomic mass is 16.2. The molecule has 0 N–H and O–H groups in total. The van der Waals surface area contributed by atoms with Crippen LogP contribution in [-0.4, -0.2) is 24.9 Å². The maximum Gasteiger partial charge on any atom is 0.226 e. The quantitative estimate of drug-likeness (QED) is 0.762. The number of nitrogens with zero attached hydrogens (tertiary/aromatic N) is 1.